The van der Waals surface area contributed by atoms with E-state index in [0.717, 1.165) is 16.8 Å². The smallest absolute Gasteiger partial charge is 0.256 e. The summed E-state index contributed by atoms with van der Waals surface area (Å²) in [6, 6.07) is 9.85. The summed E-state index contributed by atoms with van der Waals surface area (Å²) in [6.07, 6.45) is 3.93. The van der Waals surface area contributed by atoms with Gasteiger partial charge in [-0.15, -0.1) is 11.3 Å². The van der Waals surface area contributed by atoms with Gasteiger partial charge in [0.25, 0.3) is 5.91 Å². The van der Waals surface area contributed by atoms with E-state index in [-0.39, 0.29) is 5.91 Å². The molecule has 2 aromatic heterocycles. The van der Waals surface area contributed by atoms with Crippen LogP contribution in [0.5, 0.6) is 0 Å². The largest absolute Gasteiger partial charge is 0.305 e. The van der Waals surface area contributed by atoms with Gasteiger partial charge in [0.2, 0.25) is 0 Å². The topological polar surface area (TPSA) is 61.0 Å². The number of piperidine rings is 1. The third-order valence-electron chi connectivity index (χ3n) is 4.49. The number of likely N-dealkylation sites (tertiary alicyclic amines) is 1. The number of aromatic nitrogens is 2. The van der Waals surface area contributed by atoms with E-state index in [2.05, 4.69) is 20.4 Å². The third-order valence-corrected chi connectivity index (χ3v) is 5.31. The van der Waals surface area contributed by atoms with Gasteiger partial charge in [0.15, 0.2) is 5.82 Å². The monoisotopic (exact) mass is 340 g/mol. The molecule has 0 radical (unpaired) electrons. The molecule has 1 aliphatic heterocycles. The number of nitrogens with one attached hydrogen (secondary N) is 2. The van der Waals surface area contributed by atoms with Crippen LogP contribution < -0.4 is 5.32 Å². The quantitative estimate of drug-likeness (QED) is 0.758. The summed E-state index contributed by atoms with van der Waals surface area (Å²) in [4.78, 5) is 15.9. The van der Waals surface area contributed by atoms with Crippen molar-refractivity contribution in [2.45, 2.75) is 25.8 Å². The van der Waals surface area contributed by atoms with E-state index in [1.165, 1.54) is 37.9 Å². The lowest BCUT2D eigenvalue weighted by atomic mass is 10.1. The van der Waals surface area contributed by atoms with Gasteiger partial charge < -0.3 is 5.32 Å². The minimum Gasteiger partial charge on any atom is -0.305 e. The molecule has 6 heteroatoms. The predicted molar refractivity (Wildman–Crippen MR) is 97.5 cm³/mol. The van der Waals surface area contributed by atoms with E-state index in [4.69, 9.17) is 0 Å². The van der Waals surface area contributed by atoms with E-state index in [1.807, 2.05) is 35.7 Å². The molecular weight excluding hydrogens is 320 g/mol. The van der Waals surface area contributed by atoms with Gasteiger partial charge in [-0.1, -0.05) is 18.6 Å². The second-order valence-corrected chi connectivity index (χ2v) is 7.14. The fraction of sp³-hybridized carbons (Fsp3) is 0.333. The number of H-pyrrole nitrogens is 1. The summed E-state index contributed by atoms with van der Waals surface area (Å²) < 4.78 is 0. The minimum absolute atomic E-state index is 0.126. The number of thiophene rings is 1. The number of aromatic amines is 1. The number of anilines is 1. The zero-order chi connectivity index (χ0) is 16.4. The summed E-state index contributed by atoms with van der Waals surface area (Å²) >= 11 is 1.58. The molecule has 24 heavy (non-hydrogen) atoms. The first-order valence-corrected chi connectivity index (χ1v) is 9.22. The predicted octanol–water partition coefficient (Wildman–Crippen LogP) is 3.86. The first-order valence-electron chi connectivity index (χ1n) is 8.34. The van der Waals surface area contributed by atoms with Crippen molar-refractivity contribution in [2.75, 3.05) is 18.4 Å². The van der Waals surface area contributed by atoms with Crippen molar-refractivity contribution in [3.05, 3.63) is 46.8 Å². The summed E-state index contributed by atoms with van der Waals surface area (Å²) in [6.45, 7) is 3.33. The number of carbonyl (C=O) groups excluding carboxylic acids is 1. The van der Waals surface area contributed by atoms with Crippen LogP contribution in [0.3, 0.4) is 0 Å². The normalized spacial score (nSPS) is 15.7. The summed E-state index contributed by atoms with van der Waals surface area (Å²) in [5, 5.41) is 12.9. The van der Waals surface area contributed by atoms with Crippen LogP contribution in [0.15, 0.2) is 35.7 Å². The molecule has 0 atom stereocenters. The maximum atomic E-state index is 12.4. The fourth-order valence-corrected chi connectivity index (χ4v) is 3.89. The van der Waals surface area contributed by atoms with Gasteiger partial charge in [0.05, 0.1) is 5.39 Å². The summed E-state index contributed by atoms with van der Waals surface area (Å²) in [7, 11) is 0. The second-order valence-electron chi connectivity index (χ2n) is 6.22. The number of carbonyl (C=O) groups is 1. The van der Waals surface area contributed by atoms with Crippen molar-refractivity contribution in [3.8, 4) is 0 Å². The molecule has 1 fully saturated rings. The Hall–Kier alpha value is -2.18. The van der Waals surface area contributed by atoms with Gasteiger partial charge in [0.1, 0.15) is 4.83 Å². The van der Waals surface area contributed by atoms with E-state index < -0.39 is 0 Å². The molecule has 1 amide bonds. The molecule has 4 rings (SSSR count). The highest BCUT2D eigenvalue weighted by Gasteiger charge is 2.13. The second kappa shape index (κ2) is 6.75. The van der Waals surface area contributed by atoms with Crippen LogP contribution in [0, 0.1) is 0 Å². The zero-order valence-corrected chi connectivity index (χ0v) is 14.2. The Balaban J connectivity index is 1.42. The van der Waals surface area contributed by atoms with Gasteiger partial charge >= 0.3 is 0 Å². The Kier molecular flexibility index (Phi) is 4.32. The van der Waals surface area contributed by atoms with Gasteiger partial charge in [-0.25, -0.2) is 0 Å². The number of hydrogen-bond acceptors (Lipinski definition) is 4. The molecule has 2 N–H and O–H groups in total. The molecule has 0 aliphatic carbocycles. The maximum Gasteiger partial charge on any atom is 0.256 e. The molecule has 0 bridgehead atoms. The van der Waals surface area contributed by atoms with Gasteiger partial charge in [-0.05, 0) is 55.1 Å². The highest BCUT2D eigenvalue weighted by atomic mass is 32.1. The Morgan fingerprint density at radius 1 is 1.17 bits per heavy atom. The van der Waals surface area contributed by atoms with Crippen molar-refractivity contribution in [1.29, 1.82) is 0 Å². The van der Waals surface area contributed by atoms with Gasteiger partial charge in [-0.3, -0.25) is 14.8 Å². The molecule has 124 valence electrons. The van der Waals surface area contributed by atoms with E-state index in [9.17, 15) is 4.79 Å². The number of hydrogen-bond donors (Lipinski definition) is 2. The molecule has 0 spiro atoms. The molecule has 1 saturated heterocycles. The molecule has 3 aromatic rings. The molecular formula is C18H20N4OS. The van der Waals surface area contributed by atoms with Crippen molar-refractivity contribution in [3.63, 3.8) is 0 Å². The van der Waals surface area contributed by atoms with Crippen LogP contribution >= 0.6 is 11.3 Å². The van der Waals surface area contributed by atoms with Gasteiger partial charge in [-0.2, -0.15) is 5.10 Å². The van der Waals surface area contributed by atoms with Crippen molar-refractivity contribution in [2.24, 2.45) is 0 Å². The lowest BCUT2D eigenvalue weighted by Crippen LogP contribution is -2.29. The standard InChI is InChI=1S/C18H20N4OS/c23-17(19-16-15-8-11-24-18(15)21-20-16)14-6-4-13(5-7-14)12-22-9-2-1-3-10-22/h4-8,11H,1-3,9-10,12H2,(H2,19,20,21,23). The molecule has 1 aromatic carbocycles. The van der Waals surface area contributed by atoms with E-state index >= 15 is 0 Å². The Bertz CT molecular complexity index is 830. The molecule has 0 saturated carbocycles. The number of benzene rings is 1. The van der Waals surface area contributed by atoms with Crippen LogP contribution in [0.25, 0.3) is 10.2 Å². The fourth-order valence-electron chi connectivity index (χ4n) is 3.16. The molecule has 3 heterocycles. The average Bonchev–Trinajstić information content (AvgIpc) is 3.22. The van der Waals surface area contributed by atoms with Crippen molar-refractivity contribution in [1.82, 2.24) is 15.1 Å². The Morgan fingerprint density at radius 2 is 1.96 bits per heavy atom. The first kappa shape index (κ1) is 15.4. The van der Waals surface area contributed by atoms with Gasteiger partial charge in [0, 0.05) is 12.1 Å². The molecule has 5 nitrogen and oxygen atoms in total. The Morgan fingerprint density at radius 3 is 2.75 bits per heavy atom. The summed E-state index contributed by atoms with van der Waals surface area (Å²) in [5.41, 5.74) is 1.91. The summed E-state index contributed by atoms with van der Waals surface area (Å²) in [5.74, 6) is 0.466. The Labute approximate surface area is 144 Å². The first-order chi connectivity index (χ1) is 11.8. The average molecular weight is 340 g/mol. The zero-order valence-electron chi connectivity index (χ0n) is 13.4. The number of amides is 1. The molecule has 1 aliphatic rings. The van der Waals surface area contributed by atoms with Crippen LogP contribution in [-0.4, -0.2) is 34.1 Å². The molecule has 0 unspecified atom stereocenters. The number of rotatable bonds is 4. The van der Waals surface area contributed by atoms with Crippen LogP contribution in [0.2, 0.25) is 0 Å². The highest BCUT2D eigenvalue weighted by molar-refractivity contribution is 7.16. The minimum atomic E-state index is -0.126. The maximum absolute atomic E-state index is 12.4. The van der Waals surface area contributed by atoms with Crippen molar-refractivity contribution >= 4 is 33.3 Å². The van der Waals surface area contributed by atoms with Crippen LogP contribution in [0.4, 0.5) is 5.82 Å². The third kappa shape index (κ3) is 3.20. The highest BCUT2D eigenvalue weighted by Crippen LogP contribution is 2.25. The van der Waals surface area contributed by atoms with Crippen LogP contribution in [0.1, 0.15) is 35.2 Å². The SMILES string of the molecule is O=C(Nc1n[nH]c2sccc12)c1ccc(CN2CCCCC2)cc1. The lowest BCUT2D eigenvalue weighted by molar-refractivity contribution is 0.102. The van der Waals surface area contributed by atoms with Crippen LogP contribution in [-0.2, 0) is 6.54 Å². The van der Waals surface area contributed by atoms with E-state index in [0.29, 0.717) is 11.4 Å². The van der Waals surface area contributed by atoms with Crippen molar-refractivity contribution < 1.29 is 4.79 Å². The number of fused-ring (bicyclic) bond motifs is 1. The number of nitrogens with zero attached hydrogens (tertiary/aromatic N) is 2. The van der Waals surface area contributed by atoms with E-state index in [1.54, 1.807) is 11.3 Å². The lowest BCUT2D eigenvalue weighted by Gasteiger charge is -2.26.